The Morgan fingerprint density at radius 2 is 1.67 bits per heavy atom. The second kappa shape index (κ2) is 8.58. The van der Waals surface area contributed by atoms with E-state index >= 15 is 0 Å². The summed E-state index contributed by atoms with van der Waals surface area (Å²) < 4.78 is 10.8. The lowest BCUT2D eigenvalue weighted by molar-refractivity contribution is -0.118. The van der Waals surface area contributed by atoms with Crippen LogP contribution in [0.25, 0.3) is 0 Å². The van der Waals surface area contributed by atoms with Gasteiger partial charge in [0.1, 0.15) is 11.5 Å². The second-order valence-electron chi connectivity index (χ2n) is 7.21. The maximum atomic E-state index is 12.2. The Morgan fingerprint density at radius 3 is 2.22 bits per heavy atom. The predicted molar refractivity (Wildman–Crippen MR) is 107 cm³/mol. The van der Waals surface area contributed by atoms with Crippen LogP contribution < -0.4 is 20.1 Å². The van der Waals surface area contributed by atoms with Crippen LogP contribution in [0.1, 0.15) is 33.3 Å². The summed E-state index contributed by atoms with van der Waals surface area (Å²) in [5.41, 5.74) is 2.28. The highest BCUT2D eigenvalue weighted by Crippen LogP contribution is 2.28. The van der Waals surface area contributed by atoms with Crippen LogP contribution >= 0.6 is 0 Å². The molecule has 2 aromatic carbocycles. The van der Waals surface area contributed by atoms with Gasteiger partial charge in [0.25, 0.3) is 5.91 Å². The zero-order chi connectivity index (χ0) is 20.0. The highest BCUT2D eigenvalue weighted by Gasteiger charge is 2.14. The minimum Gasteiger partial charge on any atom is -0.495 e. The average molecular weight is 370 g/mol. The Hall–Kier alpha value is -3.02. The number of methoxy groups -OCH3 is 1. The van der Waals surface area contributed by atoms with Gasteiger partial charge in [0, 0.05) is 12.6 Å². The molecule has 0 aromatic heterocycles. The summed E-state index contributed by atoms with van der Waals surface area (Å²) in [6.45, 7) is 7.69. The lowest BCUT2D eigenvalue weighted by atomic mass is 9.87. The Kier molecular flexibility index (Phi) is 6.45. The quantitative estimate of drug-likeness (QED) is 0.807. The molecule has 0 unspecified atom stereocenters. The molecule has 0 aliphatic carbocycles. The van der Waals surface area contributed by atoms with Gasteiger partial charge in [-0.25, -0.2) is 0 Å². The molecule has 0 atom stereocenters. The van der Waals surface area contributed by atoms with Gasteiger partial charge >= 0.3 is 0 Å². The molecule has 0 fully saturated rings. The number of carbonyl (C=O) groups is 2. The van der Waals surface area contributed by atoms with E-state index in [1.54, 1.807) is 18.2 Å². The van der Waals surface area contributed by atoms with Crippen LogP contribution in [0.2, 0.25) is 0 Å². The number of hydrogen-bond donors (Lipinski definition) is 2. The standard InChI is InChI=1S/C21H26N2O4/c1-14(24)22-16-8-11-19(26-5)18(12-16)23-20(25)13-27-17-9-6-15(7-10-17)21(2,3)4/h6-12H,13H2,1-5H3,(H,22,24)(H,23,25). The number of amides is 2. The van der Waals surface area contributed by atoms with Crippen LogP contribution in [-0.2, 0) is 15.0 Å². The van der Waals surface area contributed by atoms with Gasteiger partial charge in [-0.05, 0) is 41.3 Å². The van der Waals surface area contributed by atoms with E-state index < -0.39 is 0 Å². The number of carbonyl (C=O) groups excluding carboxylic acids is 2. The summed E-state index contributed by atoms with van der Waals surface area (Å²) in [7, 11) is 1.51. The van der Waals surface area contributed by atoms with Crippen molar-refractivity contribution in [1.29, 1.82) is 0 Å². The van der Waals surface area contributed by atoms with Crippen LogP contribution in [-0.4, -0.2) is 25.5 Å². The second-order valence-corrected chi connectivity index (χ2v) is 7.21. The molecule has 0 aliphatic rings. The zero-order valence-corrected chi connectivity index (χ0v) is 16.4. The molecule has 2 amide bonds. The van der Waals surface area contributed by atoms with Gasteiger partial charge < -0.3 is 20.1 Å². The molecule has 144 valence electrons. The fourth-order valence-electron chi connectivity index (χ4n) is 2.47. The average Bonchev–Trinajstić information content (AvgIpc) is 2.59. The van der Waals surface area contributed by atoms with Gasteiger partial charge in [0.15, 0.2) is 6.61 Å². The topological polar surface area (TPSA) is 76.7 Å². The number of benzene rings is 2. The van der Waals surface area contributed by atoms with Gasteiger partial charge in [-0.3, -0.25) is 9.59 Å². The number of hydrogen-bond acceptors (Lipinski definition) is 4. The van der Waals surface area contributed by atoms with Crippen LogP contribution in [0.4, 0.5) is 11.4 Å². The minimum atomic E-state index is -0.326. The molecular weight excluding hydrogens is 344 g/mol. The molecule has 27 heavy (non-hydrogen) atoms. The molecule has 0 spiro atoms. The highest BCUT2D eigenvalue weighted by atomic mass is 16.5. The lowest BCUT2D eigenvalue weighted by Crippen LogP contribution is -2.20. The normalized spacial score (nSPS) is 10.9. The molecule has 0 heterocycles. The Balaban J connectivity index is 2.00. The first-order chi connectivity index (χ1) is 12.7. The van der Waals surface area contributed by atoms with Crippen molar-refractivity contribution in [3.63, 3.8) is 0 Å². The van der Waals surface area contributed by atoms with Crippen LogP contribution in [0, 0.1) is 0 Å². The van der Waals surface area contributed by atoms with Crippen molar-refractivity contribution in [3.8, 4) is 11.5 Å². The molecule has 0 aliphatic heterocycles. The maximum absolute atomic E-state index is 12.2. The molecular formula is C21H26N2O4. The van der Waals surface area contributed by atoms with Gasteiger partial charge in [-0.15, -0.1) is 0 Å². The van der Waals surface area contributed by atoms with Crippen LogP contribution in [0.5, 0.6) is 11.5 Å². The first-order valence-electron chi connectivity index (χ1n) is 8.68. The summed E-state index contributed by atoms with van der Waals surface area (Å²) in [5, 5.41) is 5.41. The maximum Gasteiger partial charge on any atom is 0.262 e. The fourth-order valence-corrected chi connectivity index (χ4v) is 2.47. The lowest BCUT2D eigenvalue weighted by Gasteiger charge is -2.19. The van der Waals surface area contributed by atoms with E-state index in [9.17, 15) is 9.59 Å². The smallest absolute Gasteiger partial charge is 0.262 e. The van der Waals surface area contributed by atoms with Gasteiger partial charge in [0.05, 0.1) is 12.8 Å². The molecule has 2 rings (SSSR count). The minimum absolute atomic E-state index is 0.0609. The summed E-state index contributed by atoms with van der Waals surface area (Å²) in [4.78, 5) is 23.4. The van der Waals surface area contributed by atoms with Crippen molar-refractivity contribution in [2.24, 2.45) is 0 Å². The molecule has 0 saturated carbocycles. The Bertz CT molecular complexity index is 808. The van der Waals surface area contributed by atoms with Crippen molar-refractivity contribution in [2.75, 3.05) is 24.4 Å². The zero-order valence-electron chi connectivity index (χ0n) is 16.4. The van der Waals surface area contributed by atoms with Crippen LogP contribution in [0.3, 0.4) is 0 Å². The third-order valence-electron chi connectivity index (χ3n) is 3.88. The predicted octanol–water partition coefficient (Wildman–Crippen LogP) is 3.97. The molecule has 0 saturated heterocycles. The van der Waals surface area contributed by atoms with E-state index in [1.807, 2.05) is 24.3 Å². The SMILES string of the molecule is COc1ccc(NC(C)=O)cc1NC(=O)COc1ccc(C(C)(C)C)cc1. The molecule has 2 aromatic rings. The summed E-state index contributed by atoms with van der Waals surface area (Å²) in [6, 6.07) is 12.7. The highest BCUT2D eigenvalue weighted by molar-refractivity contribution is 5.95. The van der Waals surface area contributed by atoms with E-state index in [0.717, 1.165) is 0 Å². The summed E-state index contributed by atoms with van der Waals surface area (Å²) >= 11 is 0. The molecule has 6 nitrogen and oxygen atoms in total. The first kappa shape index (κ1) is 20.3. The Morgan fingerprint density at radius 1 is 1.00 bits per heavy atom. The number of ether oxygens (including phenoxy) is 2. The van der Waals surface area contributed by atoms with E-state index in [-0.39, 0.29) is 23.8 Å². The monoisotopic (exact) mass is 370 g/mol. The third kappa shape index (κ3) is 6.02. The third-order valence-corrected chi connectivity index (χ3v) is 3.88. The van der Waals surface area contributed by atoms with E-state index in [4.69, 9.17) is 9.47 Å². The van der Waals surface area contributed by atoms with Crippen molar-refractivity contribution in [2.45, 2.75) is 33.1 Å². The number of rotatable bonds is 6. The molecule has 6 heteroatoms. The first-order valence-corrected chi connectivity index (χ1v) is 8.68. The van der Waals surface area contributed by atoms with Gasteiger partial charge in [-0.2, -0.15) is 0 Å². The molecule has 2 N–H and O–H groups in total. The van der Waals surface area contributed by atoms with Gasteiger partial charge in [0.2, 0.25) is 5.91 Å². The van der Waals surface area contributed by atoms with E-state index in [0.29, 0.717) is 22.9 Å². The summed E-state index contributed by atoms with van der Waals surface area (Å²) in [5.74, 6) is 0.594. The number of anilines is 2. The van der Waals surface area contributed by atoms with Crippen molar-refractivity contribution in [1.82, 2.24) is 0 Å². The Labute approximate surface area is 159 Å². The van der Waals surface area contributed by atoms with Crippen molar-refractivity contribution in [3.05, 3.63) is 48.0 Å². The number of nitrogens with one attached hydrogen (secondary N) is 2. The fraction of sp³-hybridized carbons (Fsp3) is 0.333. The largest absolute Gasteiger partial charge is 0.495 e. The summed E-state index contributed by atoms with van der Waals surface area (Å²) in [6.07, 6.45) is 0. The van der Waals surface area contributed by atoms with E-state index in [2.05, 4.69) is 31.4 Å². The molecule has 0 bridgehead atoms. The van der Waals surface area contributed by atoms with Crippen molar-refractivity contribution < 1.29 is 19.1 Å². The van der Waals surface area contributed by atoms with Gasteiger partial charge in [-0.1, -0.05) is 32.9 Å². The molecule has 0 radical (unpaired) electrons. The van der Waals surface area contributed by atoms with E-state index in [1.165, 1.54) is 19.6 Å². The van der Waals surface area contributed by atoms with Crippen LogP contribution in [0.15, 0.2) is 42.5 Å². The van der Waals surface area contributed by atoms with Crippen molar-refractivity contribution >= 4 is 23.2 Å².